The average molecular weight is 209 g/mol. The van der Waals surface area contributed by atoms with Crippen LogP contribution in [0.3, 0.4) is 0 Å². The molecule has 0 bridgehead atoms. The summed E-state index contributed by atoms with van der Waals surface area (Å²) >= 11 is 0. The normalized spacial score (nSPS) is 13.9. The molecule has 2 aromatic rings. The van der Waals surface area contributed by atoms with E-state index in [2.05, 4.69) is 60.4 Å². The number of nitrogens with zero attached hydrogens (tertiary/aromatic N) is 1. The predicted octanol–water partition coefficient (Wildman–Crippen LogP) is 3.69. The zero-order valence-corrected chi connectivity index (χ0v) is 9.48. The lowest BCUT2D eigenvalue weighted by Crippen LogP contribution is -2.13. The fraction of sp³-hybridized carbons (Fsp3) is 0.200. The van der Waals surface area contributed by atoms with E-state index < -0.39 is 0 Å². The lowest BCUT2D eigenvalue weighted by atomic mass is 10.1. The van der Waals surface area contributed by atoms with Crippen molar-refractivity contribution in [2.24, 2.45) is 0 Å². The summed E-state index contributed by atoms with van der Waals surface area (Å²) in [4.78, 5) is 2.42. The van der Waals surface area contributed by atoms with Gasteiger partial charge in [-0.25, -0.2) is 0 Å². The third kappa shape index (κ3) is 1.40. The van der Waals surface area contributed by atoms with Gasteiger partial charge in [0.15, 0.2) is 0 Å². The zero-order chi connectivity index (χ0) is 11.0. The van der Waals surface area contributed by atoms with Gasteiger partial charge in [0.05, 0.1) is 0 Å². The second-order valence-electron chi connectivity index (χ2n) is 4.32. The maximum Gasteiger partial charge on any atom is 0.0473 e. The first-order chi connectivity index (χ1) is 7.86. The van der Waals surface area contributed by atoms with E-state index in [1.807, 2.05) is 0 Å². The molecule has 0 saturated carbocycles. The third-order valence-electron chi connectivity index (χ3n) is 3.26. The van der Waals surface area contributed by atoms with E-state index in [9.17, 15) is 0 Å². The highest BCUT2D eigenvalue weighted by atomic mass is 15.2. The second-order valence-corrected chi connectivity index (χ2v) is 4.32. The molecule has 0 aromatic heterocycles. The average Bonchev–Trinajstić information content (AvgIpc) is 2.75. The van der Waals surface area contributed by atoms with Crippen LogP contribution in [0.5, 0.6) is 0 Å². The minimum atomic E-state index is 1.10. The summed E-state index contributed by atoms with van der Waals surface area (Å²) in [5, 5.41) is 0. The van der Waals surface area contributed by atoms with Crippen molar-refractivity contribution in [3.63, 3.8) is 0 Å². The molecule has 16 heavy (non-hydrogen) atoms. The second kappa shape index (κ2) is 3.67. The van der Waals surface area contributed by atoms with Crippen LogP contribution in [0.25, 0.3) is 0 Å². The minimum Gasteiger partial charge on any atom is -0.341 e. The Morgan fingerprint density at radius 1 is 0.938 bits per heavy atom. The molecule has 1 heterocycles. The van der Waals surface area contributed by atoms with Crippen LogP contribution < -0.4 is 4.90 Å². The van der Waals surface area contributed by atoms with Gasteiger partial charge in [0.2, 0.25) is 0 Å². The van der Waals surface area contributed by atoms with Gasteiger partial charge in [0, 0.05) is 17.9 Å². The van der Waals surface area contributed by atoms with Crippen LogP contribution in [0.1, 0.15) is 11.1 Å². The molecule has 0 radical (unpaired) electrons. The topological polar surface area (TPSA) is 3.24 Å². The standard InChI is InChI=1S/C15H15N/c1-12-6-5-7-13-10-11-16(15(12)13)14-8-3-2-4-9-14/h2-9H,10-11H2,1H3. The lowest BCUT2D eigenvalue weighted by Gasteiger charge is -2.21. The molecule has 0 saturated heterocycles. The van der Waals surface area contributed by atoms with Gasteiger partial charge in [0.1, 0.15) is 0 Å². The van der Waals surface area contributed by atoms with Crippen LogP contribution in [-0.2, 0) is 6.42 Å². The first-order valence-electron chi connectivity index (χ1n) is 5.77. The Kier molecular flexibility index (Phi) is 2.17. The molecule has 2 aromatic carbocycles. The van der Waals surface area contributed by atoms with Crippen molar-refractivity contribution in [1.29, 1.82) is 0 Å². The van der Waals surface area contributed by atoms with Gasteiger partial charge in [0.25, 0.3) is 0 Å². The summed E-state index contributed by atoms with van der Waals surface area (Å²) < 4.78 is 0. The predicted molar refractivity (Wildman–Crippen MR) is 68.3 cm³/mol. The fourth-order valence-corrected chi connectivity index (χ4v) is 2.52. The Hall–Kier alpha value is -1.76. The first-order valence-corrected chi connectivity index (χ1v) is 5.77. The first kappa shape index (κ1) is 9.46. The smallest absolute Gasteiger partial charge is 0.0473 e. The van der Waals surface area contributed by atoms with Crippen LogP contribution in [0.15, 0.2) is 48.5 Å². The SMILES string of the molecule is Cc1cccc2c1N(c1ccccc1)CC2. The number of hydrogen-bond donors (Lipinski definition) is 0. The van der Waals surface area contributed by atoms with E-state index in [0.717, 1.165) is 13.0 Å². The molecule has 1 heteroatoms. The Morgan fingerprint density at radius 3 is 2.56 bits per heavy atom. The number of hydrogen-bond acceptors (Lipinski definition) is 1. The van der Waals surface area contributed by atoms with Gasteiger partial charge >= 0.3 is 0 Å². The van der Waals surface area contributed by atoms with Crippen LogP contribution in [0.4, 0.5) is 11.4 Å². The quantitative estimate of drug-likeness (QED) is 0.692. The Labute approximate surface area is 96.3 Å². The zero-order valence-electron chi connectivity index (χ0n) is 9.48. The van der Waals surface area contributed by atoms with Crippen molar-refractivity contribution >= 4 is 11.4 Å². The third-order valence-corrected chi connectivity index (χ3v) is 3.26. The Morgan fingerprint density at radius 2 is 1.75 bits per heavy atom. The summed E-state index contributed by atoms with van der Waals surface area (Å²) in [6.45, 7) is 3.30. The molecular weight excluding hydrogens is 194 g/mol. The number of fused-ring (bicyclic) bond motifs is 1. The van der Waals surface area contributed by atoms with E-state index in [1.54, 1.807) is 0 Å². The lowest BCUT2D eigenvalue weighted by molar-refractivity contribution is 0.997. The minimum absolute atomic E-state index is 1.10. The molecule has 1 aliphatic heterocycles. The van der Waals surface area contributed by atoms with Crippen molar-refractivity contribution in [2.75, 3.05) is 11.4 Å². The number of anilines is 2. The van der Waals surface area contributed by atoms with E-state index in [1.165, 1.54) is 22.5 Å². The molecule has 3 rings (SSSR count). The fourth-order valence-electron chi connectivity index (χ4n) is 2.52. The highest BCUT2D eigenvalue weighted by Crippen LogP contribution is 2.36. The summed E-state index contributed by atoms with van der Waals surface area (Å²) in [5.74, 6) is 0. The van der Waals surface area contributed by atoms with E-state index in [0.29, 0.717) is 0 Å². The molecule has 0 aliphatic carbocycles. The molecule has 0 spiro atoms. The van der Waals surface area contributed by atoms with Gasteiger partial charge in [-0.2, -0.15) is 0 Å². The van der Waals surface area contributed by atoms with E-state index in [4.69, 9.17) is 0 Å². The van der Waals surface area contributed by atoms with Crippen molar-refractivity contribution in [1.82, 2.24) is 0 Å². The van der Waals surface area contributed by atoms with E-state index >= 15 is 0 Å². The summed E-state index contributed by atoms with van der Waals surface area (Å²) in [6, 6.07) is 17.2. The van der Waals surface area contributed by atoms with Gasteiger partial charge in [-0.1, -0.05) is 36.4 Å². The number of rotatable bonds is 1. The Bertz CT molecular complexity index is 502. The van der Waals surface area contributed by atoms with Gasteiger partial charge < -0.3 is 4.90 Å². The summed E-state index contributed by atoms with van der Waals surface area (Å²) in [6.07, 6.45) is 1.16. The Balaban J connectivity index is 2.10. The van der Waals surface area contributed by atoms with Gasteiger partial charge in [-0.05, 0) is 36.6 Å². The maximum absolute atomic E-state index is 2.42. The molecule has 0 amide bonds. The van der Waals surface area contributed by atoms with Crippen LogP contribution in [0, 0.1) is 6.92 Å². The largest absolute Gasteiger partial charge is 0.341 e. The number of aryl methyl sites for hydroxylation is 1. The molecule has 80 valence electrons. The van der Waals surface area contributed by atoms with Crippen molar-refractivity contribution in [3.8, 4) is 0 Å². The molecule has 0 atom stereocenters. The molecule has 1 aliphatic rings. The van der Waals surface area contributed by atoms with Crippen LogP contribution in [0.2, 0.25) is 0 Å². The molecule has 0 N–H and O–H groups in total. The van der Waals surface area contributed by atoms with Crippen LogP contribution >= 0.6 is 0 Å². The number of benzene rings is 2. The van der Waals surface area contributed by atoms with Crippen molar-refractivity contribution in [2.45, 2.75) is 13.3 Å². The maximum atomic E-state index is 2.42. The highest BCUT2D eigenvalue weighted by Gasteiger charge is 2.21. The highest BCUT2D eigenvalue weighted by molar-refractivity contribution is 5.72. The molecular formula is C15H15N. The van der Waals surface area contributed by atoms with E-state index in [-0.39, 0.29) is 0 Å². The van der Waals surface area contributed by atoms with Crippen molar-refractivity contribution < 1.29 is 0 Å². The van der Waals surface area contributed by atoms with Crippen molar-refractivity contribution in [3.05, 3.63) is 59.7 Å². The summed E-state index contributed by atoms with van der Waals surface area (Å²) in [5.41, 5.74) is 5.56. The molecule has 1 nitrogen and oxygen atoms in total. The molecule has 0 unspecified atom stereocenters. The van der Waals surface area contributed by atoms with Gasteiger partial charge in [-0.3, -0.25) is 0 Å². The van der Waals surface area contributed by atoms with Crippen LogP contribution in [-0.4, -0.2) is 6.54 Å². The molecule has 0 fully saturated rings. The summed E-state index contributed by atoms with van der Waals surface area (Å²) in [7, 11) is 0. The van der Waals surface area contributed by atoms with Gasteiger partial charge in [-0.15, -0.1) is 0 Å². The number of para-hydroxylation sites is 2. The monoisotopic (exact) mass is 209 g/mol.